The highest BCUT2D eigenvalue weighted by molar-refractivity contribution is 6.35. The fourth-order valence-electron chi connectivity index (χ4n) is 2.83. The third-order valence-corrected chi connectivity index (χ3v) is 4.85. The molecule has 0 aromatic heterocycles. The Labute approximate surface area is 145 Å². The first-order valence-electron chi connectivity index (χ1n) is 7.82. The van der Waals surface area contributed by atoms with E-state index in [1.54, 1.807) is 18.2 Å². The second kappa shape index (κ2) is 7.20. The van der Waals surface area contributed by atoms with Crippen LogP contribution >= 0.6 is 23.2 Å². The number of benzene rings is 1. The second-order valence-electron chi connectivity index (χ2n) is 6.05. The van der Waals surface area contributed by atoms with Gasteiger partial charge in [-0.15, -0.1) is 0 Å². The molecule has 23 heavy (non-hydrogen) atoms. The Morgan fingerprint density at radius 1 is 1.22 bits per heavy atom. The Balaban J connectivity index is 1.70. The first-order chi connectivity index (χ1) is 11.1. The van der Waals surface area contributed by atoms with Gasteiger partial charge in [0.1, 0.15) is 6.61 Å². The molecule has 1 heterocycles. The van der Waals surface area contributed by atoms with Crippen LogP contribution in [0.4, 0.5) is 0 Å². The minimum atomic E-state index is -0.461. The van der Waals surface area contributed by atoms with Crippen molar-refractivity contribution in [2.75, 3.05) is 13.2 Å². The van der Waals surface area contributed by atoms with Crippen LogP contribution in [-0.4, -0.2) is 25.0 Å². The van der Waals surface area contributed by atoms with Crippen molar-refractivity contribution in [1.29, 1.82) is 0 Å². The van der Waals surface area contributed by atoms with Gasteiger partial charge in [-0.3, -0.25) is 9.59 Å². The molecule has 124 valence electrons. The molecule has 2 atom stereocenters. The lowest BCUT2D eigenvalue weighted by atomic mass is 9.89. The maximum absolute atomic E-state index is 12.4. The van der Waals surface area contributed by atoms with Gasteiger partial charge in [0, 0.05) is 28.1 Å². The lowest BCUT2D eigenvalue weighted by Crippen LogP contribution is -2.32. The summed E-state index contributed by atoms with van der Waals surface area (Å²) in [6.45, 7) is 0.426. The van der Waals surface area contributed by atoms with E-state index in [0.29, 0.717) is 23.1 Å². The summed E-state index contributed by atoms with van der Waals surface area (Å²) >= 11 is 12.2. The molecule has 3 rings (SSSR count). The van der Waals surface area contributed by atoms with Gasteiger partial charge < -0.3 is 9.47 Å². The zero-order chi connectivity index (χ0) is 16.4. The Morgan fingerprint density at radius 2 is 2.00 bits per heavy atom. The van der Waals surface area contributed by atoms with Gasteiger partial charge in [-0.25, -0.2) is 0 Å². The average Bonchev–Trinajstić information content (AvgIpc) is 3.37. The van der Waals surface area contributed by atoms with Gasteiger partial charge in [-0.1, -0.05) is 29.3 Å². The molecule has 0 amide bonds. The van der Waals surface area contributed by atoms with Crippen molar-refractivity contribution in [2.24, 2.45) is 11.8 Å². The van der Waals surface area contributed by atoms with E-state index in [0.717, 1.165) is 24.8 Å². The molecular formula is C17H18Cl2O4. The zero-order valence-electron chi connectivity index (χ0n) is 12.6. The van der Waals surface area contributed by atoms with Crippen LogP contribution in [0.1, 0.15) is 37.4 Å². The van der Waals surface area contributed by atoms with Crippen molar-refractivity contribution in [2.45, 2.75) is 31.8 Å². The number of ketones is 1. The SMILES string of the molecule is O=C(COC(=O)[C@@H]1CCCO[C@@H]1c1ccc(Cl)cc1Cl)C1CC1. The van der Waals surface area contributed by atoms with Gasteiger partial charge in [0.05, 0.1) is 12.0 Å². The molecule has 1 aliphatic heterocycles. The predicted octanol–water partition coefficient (Wildman–Crippen LogP) is 3.98. The standard InChI is InChI=1S/C17H18Cl2O4/c18-11-5-6-12(14(19)8-11)16-13(2-1-7-22-16)17(21)23-9-15(20)10-3-4-10/h5-6,8,10,13,16H,1-4,7,9H2/t13-,16-/m1/s1. The molecule has 2 fully saturated rings. The number of rotatable bonds is 5. The van der Waals surface area contributed by atoms with E-state index < -0.39 is 18.0 Å². The van der Waals surface area contributed by atoms with Crippen molar-refractivity contribution in [1.82, 2.24) is 0 Å². The van der Waals surface area contributed by atoms with Crippen LogP contribution in [0.15, 0.2) is 18.2 Å². The Kier molecular flexibility index (Phi) is 5.24. The molecule has 0 bridgehead atoms. The molecule has 0 radical (unpaired) electrons. The van der Waals surface area contributed by atoms with Gasteiger partial charge in [-0.05, 0) is 37.8 Å². The van der Waals surface area contributed by atoms with E-state index in [2.05, 4.69) is 0 Å². The third kappa shape index (κ3) is 4.06. The first-order valence-corrected chi connectivity index (χ1v) is 8.58. The molecule has 1 saturated heterocycles. The molecule has 0 spiro atoms. The van der Waals surface area contributed by atoms with Crippen LogP contribution in [-0.2, 0) is 19.1 Å². The van der Waals surface area contributed by atoms with E-state index in [1.165, 1.54) is 0 Å². The van der Waals surface area contributed by atoms with Crippen LogP contribution in [0, 0.1) is 11.8 Å². The summed E-state index contributed by atoms with van der Waals surface area (Å²) in [5, 5.41) is 1.000. The summed E-state index contributed by atoms with van der Waals surface area (Å²) in [6, 6.07) is 5.13. The smallest absolute Gasteiger partial charge is 0.312 e. The minimum Gasteiger partial charge on any atom is -0.457 e. The van der Waals surface area contributed by atoms with Crippen LogP contribution in [0.3, 0.4) is 0 Å². The number of esters is 1. The molecule has 1 saturated carbocycles. The van der Waals surface area contributed by atoms with Crippen molar-refractivity contribution in [3.8, 4) is 0 Å². The molecule has 2 aliphatic rings. The quantitative estimate of drug-likeness (QED) is 0.748. The number of carbonyl (C=O) groups is 2. The largest absolute Gasteiger partial charge is 0.457 e. The summed E-state index contributed by atoms with van der Waals surface area (Å²) in [6.07, 6.45) is 2.78. The summed E-state index contributed by atoms with van der Waals surface area (Å²) < 4.78 is 11.0. The monoisotopic (exact) mass is 356 g/mol. The fraction of sp³-hybridized carbons (Fsp3) is 0.529. The van der Waals surface area contributed by atoms with Gasteiger partial charge in [0.15, 0.2) is 5.78 Å². The summed E-state index contributed by atoms with van der Waals surface area (Å²) in [5.74, 6) is -0.743. The molecule has 0 unspecified atom stereocenters. The maximum atomic E-state index is 12.4. The Bertz CT molecular complexity index is 613. The zero-order valence-corrected chi connectivity index (χ0v) is 14.1. The van der Waals surface area contributed by atoms with E-state index in [-0.39, 0.29) is 18.3 Å². The average molecular weight is 357 g/mol. The second-order valence-corrected chi connectivity index (χ2v) is 6.90. The van der Waals surface area contributed by atoms with Gasteiger partial charge >= 0.3 is 5.97 Å². The number of ether oxygens (including phenoxy) is 2. The molecule has 6 heteroatoms. The number of halogens is 2. The van der Waals surface area contributed by atoms with Crippen molar-refractivity contribution >= 4 is 35.0 Å². The number of hydrogen-bond donors (Lipinski definition) is 0. The third-order valence-electron chi connectivity index (χ3n) is 4.28. The van der Waals surface area contributed by atoms with Gasteiger partial charge in [-0.2, -0.15) is 0 Å². The molecular weight excluding hydrogens is 339 g/mol. The topological polar surface area (TPSA) is 52.6 Å². The first kappa shape index (κ1) is 16.7. The predicted molar refractivity (Wildman–Crippen MR) is 86.6 cm³/mol. The number of hydrogen-bond acceptors (Lipinski definition) is 4. The minimum absolute atomic E-state index is 0.0103. The summed E-state index contributed by atoms with van der Waals surface area (Å²) in [4.78, 5) is 24.1. The highest BCUT2D eigenvalue weighted by atomic mass is 35.5. The van der Waals surface area contributed by atoms with E-state index in [9.17, 15) is 9.59 Å². The van der Waals surface area contributed by atoms with Crippen molar-refractivity contribution < 1.29 is 19.1 Å². The highest BCUT2D eigenvalue weighted by Gasteiger charge is 2.36. The van der Waals surface area contributed by atoms with E-state index in [1.807, 2.05) is 0 Å². The lowest BCUT2D eigenvalue weighted by Gasteiger charge is -2.31. The van der Waals surface area contributed by atoms with E-state index in [4.69, 9.17) is 32.7 Å². The molecule has 4 nitrogen and oxygen atoms in total. The number of Topliss-reactive ketones (excluding diaryl/α,β-unsaturated/α-hetero) is 1. The van der Waals surface area contributed by atoms with Gasteiger partial charge in [0.2, 0.25) is 0 Å². The number of carbonyl (C=O) groups excluding carboxylic acids is 2. The maximum Gasteiger partial charge on any atom is 0.312 e. The molecule has 1 aliphatic carbocycles. The van der Waals surface area contributed by atoms with Crippen LogP contribution in [0.5, 0.6) is 0 Å². The summed E-state index contributed by atoms with van der Waals surface area (Å²) in [7, 11) is 0. The van der Waals surface area contributed by atoms with Crippen LogP contribution in [0.25, 0.3) is 0 Å². The normalized spacial score (nSPS) is 24.3. The molecule has 1 aromatic carbocycles. The van der Waals surface area contributed by atoms with Crippen molar-refractivity contribution in [3.05, 3.63) is 33.8 Å². The van der Waals surface area contributed by atoms with E-state index >= 15 is 0 Å². The van der Waals surface area contributed by atoms with Crippen LogP contribution < -0.4 is 0 Å². The highest BCUT2D eigenvalue weighted by Crippen LogP contribution is 2.38. The lowest BCUT2D eigenvalue weighted by molar-refractivity contribution is -0.161. The summed E-state index contributed by atoms with van der Waals surface area (Å²) in [5.41, 5.74) is 0.728. The molecule has 0 N–H and O–H groups in total. The van der Waals surface area contributed by atoms with Gasteiger partial charge in [0.25, 0.3) is 0 Å². The Morgan fingerprint density at radius 3 is 2.70 bits per heavy atom. The van der Waals surface area contributed by atoms with Crippen molar-refractivity contribution in [3.63, 3.8) is 0 Å². The Hall–Kier alpha value is -1.10. The van der Waals surface area contributed by atoms with Crippen LogP contribution in [0.2, 0.25) is 10.0 Å². The fourth-order valence-corrected chi connectivity index (χ4v) is 3.35. The molecule has 1 aromatic rings.